The van der Waals surface area contributed by atoms with Crippen LogP contribution in [0.2, 0.25) is 0 Å². The maximum atomic E-state index is 13.1. The fourth-order valence-corrected chi connectivity index (χ4v) is 4.15. The number of rotatable bonds is 7. The number of hydrogen-bond acceptors (Lipinski definition) is 6. The molecule has 1 saturated heterocycles. The van der Waals surface area contributed by atoms with Gasteiger partial charge in [0.1, 0.15) is 11.5 Å². The van der Waals surface area contributed by atoms with Crippen molar-refractivity contribution in [3.8, 4) is 5.75 Å². The van der Waals surface area contributed by atoms with Gasteiger partial charge in [0.15, 0.2) is 0 Å². The predicted molar refractivity (Wildman–Crippen MR) is 117 cm³/mol. The Bertz CT molecular complexity index is 1160. The molecule has 2 aromatic heterocycles. The number of carbonyl (C=O) groups is 2. The van der Waals surface area contributed by atoms with E-state index in [2.05, 4.69) is 15.2 Å². The van der Waals surface area contributed by atoms with E-state index >= 15 is 0 Å². The van der Waals surface area contributed by atoms with Crippen LogP contribution in [0.3, 0.4) is 0 Å². The van der Waals surface area contributed by atoms with E-state index in [9.17, 15) is 14.7 Å². The zero-order valence-electron chi connectivity index (χ0n) is 18.2. The number of Topliss-reactive ketones (excluding diaryl/α,β-unsaturated/α-hetero) is 1. The van der Waals surface area contributed by atoms with Gasteiger partial charge in [-0.25, -0.2) is 4.98 Å². The number of aliphatic hydroxyl groups excluding tert-OH is 1. The average molecular weight is 435 g/mol. The first-order valence-electron chi connectivity index (χ1n) is 10.3. The average Bonchev–Trinajstić information content (AvgIpc) is 3.49. The maximum absolute atomic E-state index is 13.1. The summed E-state index contributed by atoms with van der Waals surface area (Å²) >= 11 is 0. The number of amides is 1. The fourth-order valence-electron chi connectivity index (χ4n) is 4.15. The number of benzene rings is 1. The van der Waals surface area contributed by atoms with E-state index < -0.39 is 17.7 Å². The van der Waals surface area contributed by atoms with Crippen molar-refractivity contribution in [3.05, 3.63) is 71.1 Å². The van der Waals surface area contributed by atoms with E-state index in [0.717, 1.165) is 0 Å². The molecule has 32 heavy (non-hydrogen) atoms. The number of carbonyl (C=O) groups excluding carboxylic acids is 2. The van der Waals surface area contributed by atoms with Crippen molar-refractivity contribution in [3.63, 3.8) is 0 Å². The lowest BCUT2D eigenvalue weighted by Gasteiger charge is -2.25. The van der Waals surface area contributed by atoms with Crippen LogP contribution < -0.4 is 4.74 Å². The molecule has 1 fully saturated rings. The van der Waals surface area contributed by atoms with Gasteiger partial charge >= 0.3 is 0 Å². The number of aromatic amines is 1. The largest absolute Gasteiger partial charge is 0.507 e. The number of ketones is 1. The Morgan fingerprint density at radius 3 is 2.72 bits per heavy atom. The minimum Gasteiger partial charge on any atom is -0.507 e. The Kier molecular flexibility index (Phi) is 5.81. The van der Waals surface area contributed by atoms with Crippen LogP contribution in [0.25, 0.3) is 5.76 Å². The molecule has 0 spiro atoms. The Morgan fingerprint density at radius 1 is 1.25 bits per heavy atom. The van der Waals surface area contributed by atoms with Gasteiger partial charge in [-0.2, -0.15) is 5.10 Å². The molecule has 166 valence electrons. The van der Waals surface area contributed by atoms with Crippen molar-refractivity contribution in [1.29, 1.82) is 0 Å². The smallest absolute Gasteiger partial charge is 0.295 e. The fraction of sp³-hybridized carbons (Fsp3) is 0.304. The summed E-state index contributed by atoms with van der Waals surface area (Å²) in [5, 5.41) is 18.1. The highest BCUT2D eigenvalue weighted by atomic mass is 16.5. The quantitative estimate of drug-likeness (QED) is 0.335. The van der Waals surface area contributed by atoms with Crippen molar-refractivity contribution in [2.75, 3.05) is 13.7 Å². The van der Waals surface area contributed by atoms with Gasteiger partial charge < -0.3 is 19.3 Å². The molecule has 2 N–H and O–H groups in total. The van der Waals surface area contributed by atoms with Gasteiger partial charge in [-0.15, -0.1) is 0 Å². The zero-order chi connectivity index (χ0) is 22.8. The van der Waals surface area contributed by atoms with Crippen LogP contribution in [0.5, 0.6) is 5.75 Å². The maximum Gasteiger partial charge on any atom is 0.295 e. The molecule has 1 amide bonds. The molecule has 3 aromatic rings. The molecule has 1 aromatic carbocycles. The van der Waals surface area contributed by atoms with Crippen LogP contribution in [-0.4, -0.2) is 55.1 Å². The molecule has 3 heterocycles. The molecule has 4 rings (SSSR count). The Balaban J connectivity index is 1.77. The van der Waals surface area contributed by atoms with E-state index in [4.69, 9.17) is 4.74 Å². The second-order valence-corrected chi connectivity index (χ2v) is 7.73. The number of ether oxygens (including phenoxy) is 1. The first kappa shape index (κ1) is 21.4. The monoisotopic (exact) mass is 435 g/mol. The highest BCUT2D eigenvalue weighted by Crippen LogP contribution is 2.41. The van der Waals surface area contributed by atoms with E-state index in [0.29, 0.717) is 47.8 Å². The number of likely N-dealkylation sites (tertiary alicyclic amines) is 1. The van der Waals surface area contributed by atoms with E-state index in [1.165, 1.54) is 4.90 Å². The molecule has 1 aliphatic rings. The molecule has 0 bridgehead atoms. The second-order valence-electron chi connectivity index (χ2n) is 7.73. The lowest BCUT2D eigenvalue weighted by molar-refractivity contribution is -0.139. The highest BCUT2D eigenvalue weighted by molar-refractivity contribution is 6.46. The third-order valence-corrected chi connectivity index (χ3v) is 5.69. The molecule has 9 heteroatoms. The summed E-state index contributed by atoms with van der Waals surface area (Å²) in [4.78, 5) is 31.7. The minimum atomic E-state index is -0.735. The molecule has 1 atom stereocenters. The third kappa shape index (κ3) is 3.77. The molecular formula is C23H25N5O4. The summed E-state index contributed by atoms with van der Waals surface area (Å²) in [6.45, 7) is 4.48. The van der Waals surface area contributed by atoms with Gasteiger partial charge in [0.25, 0.3) is 11.7 Å². The summed E-state index contributed by atoms with van der Waals surface area (Å²) in [5.41, 5.74) is 2.35. The molecule has 9 nitrogen and oxygen atoms in total. The van der Waals surface area contributed by atoms with Gasteiger partial charge in [-0.3, -0.25) is 14.7 Å². The molecule has 0 radical (unpaired) electrons. The van der Waals surface area contributed by atoms with Crippen LogP contribution in [0.4, 0.5) is 0 Å². The predicted octanol–water partition coefficient (Wildman–Crippen LogP) is 2.74. The number of H-pyrrole nitrogens is 1. The van der Waals surface area contributed by atoms with Crippen molar-refractivity contribution in [2.24, 2.45) is 0 Å². The molecular weight excluding hydrogens is 410 g/mol. The number of nitrogens with one attached hydrogen (secondary N) is 1. The normalized spacial score (nSPS) is 17.8. The lowest BCUT2D eigenvalue weighted by atomic mass is 9.94. The van der Waals surface area contributed by atoms with E-state index in [1.807, 2.05) is 16.8 Å². The van der Waals surface area contributed by atoms with Crippen molar-refractivity contribution >= 4 is 17.4 Å². The number of hydrogen-bond donors (Lipinski definition) is 2. The summed E-state index contributed by atoms with van der Waals surface area (Å²) < 4.78 is 7.26. The zero-order valence-corrected chi connectivity index (χ0v) is 18.2. The van der Waals surface area contributed by atoms with Gasteiger partial charge in [0.2, 0.25) is 0 Å². The van der Waals surface area contributed by atoms with Gasteiger partial charge in [0, 0.05) is 31.2 Å². The van der Waals surface area contributed by atoms with Crippen LogP contribution in [0.1, 0.15) is 35.0 Å². The molecule has 0 saturated carbocycles. The Hall–Kier alpha value is -3.88. The number of aromatic nitrogens is 4. The molecule has 0 aliphatic carbocycles. The number of aliphatic hydroxyl groups is 1. The second kappa shape index (κ2) is 8.70. The Labute approximate surface area is 185 Å². The van der Waals surface area contributed by atoms with Gasteiger partial charge in [-0.05, 0) is 38.0 Å². The molecule has 1 aliphatic heterocycles. The highest BCUT2D eigenvalue weighted by Gasteiger charge is 2.46. The Morgan fingerprint density at radius 2 is 2.06 bits per heavy atom. The first-order chi connectivity index (χ1) is 15.4. The summed E-state index contributed by atoms with van der Waals surface area (Å²) in [7, 11) is 1.55. The van der Waals surface area contributed by atoms with Crippen molar-refractivity contribution < 1.29 is 19.4 Å². The van der Waals surface area contributed by atoms with Crippen LogP contribution in [-0.2, 0) is 16.1 Å². The van der Waals surface area contributed by atoms with Crippen LogP contribution >= 0.6 is 0 Å². The SMILES string of the molecule is COc1cccc(C2/C(=C(\O)c3c(C)n[nH]c3C)C(=O)C(=O)N2CCCn2ccnc2)c1. The van der Waals surface area contributed by atoms with Crippen molar-refractivity contribution in [2.45, 2.75) is 32.9 Å². The first-order valence-corrected chi connectivity index (χ1v) is 10.3. The van der Waals surface area contributed by atoms with Gasteiger partial charge in [-0.1, -0.05) is 12.1 Å². The van der Waals surface area contributed by atoms with Crippen LogP contribution in [0, 0.1) is 13.8 Å². The van der Waals surface area contributed by atoms with E-state index in [1.54, 1.807) is 51.7 Å². The van der Waals surface area contributed by atoms with E-state index in [-0.39, 0.29) is 11.3 Å². The third-order valence-electron chi connectivity index (χ3n) is 5.69. The lowest BCUT2D eigenvalue weighted by Crippen LogP contribution is -2.31. The minimum absolute atomic E-state index is 0.0542. The van der Waals surface area contributed by atoms with Crippen LogP contribution in [0.15, 0.2) is 48.6 Å². The number of methoxy groups -OCH3 is 1. The number of nitrogens with zero attached hydrogens (tertiary/aromatic N) is 4. The number of aryl methyl sites for hydroxylation is 3. The number of imidazole rings is 1. The summed E-state index contributed by atoms with van der Waals surface area (Å²) in [6.07, 6.45) is 5.86. The summed E-state index contributed by atoms with van der Waals surface area (Å²) in [5.74, 6) is -0.971. The van der Waals surface area contributed by atoms with Crippen molar-refractivity contribution in [1.82, 2.24) is 24.6 Å². The van der Waals surface area contributed by atoms with Gasteiger partial charge in [0.05, 0.1) is 36.3 Å². The standard InChI is InChI=1S/C23H25N5O4/c1-14-18(15(2)26-25-14)21(29)19-20(16-6-4-7-17(12-16)32-3)28(23(31)22(19)30)10-5-9-27-11-8-24-13-27/h4,6-8,11-13,20,29H,5,9-10H2,1-3H3,(H,25,26)/b21-19+. The molecule has 1 unspecified atom stereocenters. The summed E-state index contributed by atoms with van der Waals surface area (Å²) in [6, 6.07) is 6.46. The topological polar surface area (TPSA) is 113 Å².